The molecule has 1 amide bonds. The Balaban J connectivity index is 2.17. The number of rotatable bonds is 6. The van der Waals surface area contributed by atoms with Gasteiger partial charge in [-0.15, -0.1) is 0 Å². The van der Waals surface area contributed by atoms with E-state index >= 15 is 0 Å². The topological polar surface area (TPSA) is 38.3 Å². The third-order valence-corrected chi connectivity index (χ3v) is 3.62. The summed E-state index contributed by atoms with van der Waals surface area (Å²) in [7, 11) is 0. The molecule has 3 heteroatoms. The molecular weight excluding hydrogens is 274 g/mol. The van der Waals surface area contributed by atoms with Crippen molar-refractivity contribution in [3.63, 3.8) is 0 Å². The minimum Gasteiger partial charge on any atom is -0.493 e. The van der Waals surface area contributed by atoms with Crippen molar-refractivity contribution >= 4 is 5.91 Å². The van der Waals surface area contributed by atoms with Crippen LogP contribution >= 0.6 is 0 Å². The highest BCUT2D eigenvalue weighted by Crippen LogP contribution is 2.21. The molecule has 3 nitrogen and oxygen atoms in total. The Bertz CT molecular complexity index is 620. The molecule has 0 heterocycles. The number of benzene rings is 2. The fraction of sp³-hybridized carbons (Fsp3) is 0.316. The second kappa shape index (κ2) is 7.64. The van der Waals surface area contributed by atoms with E-state index in [4.69, 9.17) is 4.74 Å². The van der Waals surface area contributed by atoms with E-state index in [1.54, 1.807) is 6.07 Å². The maximum Gasteiger partial charge on any atom is 0.255 e. The maximum atomic E-state index is 12.6. The van der Waals surface area contributed by atoms with Crippen molar-refractivity contribution in [3.05, 3.63) is 65.2 Å². The molecule has 1 atom stereocenters. The summed E-state index contributed by atoms with van der Waals surface area (Å²) in [6, 6.07) is 15.6. The Morgan fingerprint density at radius 3 is 2.41 bits per heavy atom. The van der Waals surface area contributed by atoms with Crippen LogP contribution in [0.3, 0.4) is 0 Å². The first-order chi connectivity index (χ1) is 10.7. The average molecular weight is 297 g/mol. The Morgan fingerprint density at radius 1 is 1.09 bits per heavy atom. The average Bonchev–Trinajstić information content (AvgIpc) is 2.54. The number of para-hydroxylation sites is 1. The van der Waals surface area contributed by atoms with Gasteiger partial charge in [0.2, 0.25) is 0 Å². The predicted molar refractivity (Wildman–Crippen MR) is 89.3 cm³/mol. The van der Waals surface area contributed by atoms with Crippen molar-refractivity contribution in [2.45, 2.75) is 33.2 Å². The number of amides is 1. The van der Waals surface area contributed by atoms with Crippen molar-refractivity contribution < 1.29 is 9.53 Å². The fourth-order valence-corrected chi connectivity index (χ4v) is 2.39. The van der Waals surface area contributed by atoms with Gasteiger partial charge >= 0.3 is 0 Å². The van der Waals surface area contributed by atoms with E-state index in [2.05, 4.69) is 43.4 Å². The van der Waals surface area contributed by atoms with Crippen LogP contribution in [0.1, 0.15) is 47.8 Å². The van der Waals surface area contributed by atoms with E-state index in [1.807, 2.05) is 25.1 Å². The Morgan fingerprint density at radius 2 is 1.77 bits per heavy atom. The molecule has 0 fully saturated rings. The SMILES string of the molecule is CCOc1ccccc1C(=O)NC(CC)c1ccc(C)cc1. The minimum absolute atomic E-state index is 0.00258. The van der Waals surface area contributed by atoms with Crippen LogP contribution < -0.4 is 10.1 Å². The number of hydrogen-bond acceptors (Lipinski definition) is 2. The second-order valence-electron chi connectivity index (χ2n) is 5.27. The van der Waals surface area contributed by atoms with Crippen LogP contribution in [0.25, 0.3) is 0 Å². The molecule has 0 radical (unpaired) electrons. The van der Waals surface area contributed by atoms with Crippen molar-refractivity contribution in [2.24, 2.45) is 0 Å². The summed E-state index contributed by atoms with van der Waals surface area (Å²) in [5.74, 6) is 0.526. The van der Waals surface area contributed by atoms with Gasteiger partial charge in [-0.2, -0.15) is 0 Å². The zero-order valence-electron chi connectivity index (χ0n) is 13.4. The summed E-state index contributed by atoms with van der Waals surface area (Å²) >= 11 is 0. The molecule has 0 aliphatic rings. The van der Waals surface area contributed by atoms with Gasteiger partial charge < -0.3 is 10.1 Å². The Kier molecular flexibility index (Phi) is 5.59. The number of aryl methyl sites for hydroxylation is 1. The number of hydrogen-bond donors (Lipinski definition) is 1. The lowest BCUT2D eigenvalue weighted by Crippen LogP contribution is -2.28. The van der Waals surface area contributed by atoms with Crippen LogP contribution in [0.15, 0.2) is 48.5 Å². The van der Waals surface area contributed by atoms with Crippen molar-refractivity contribution in [1.29, 1.82) is 0 Å². The molecule has 116 valence electrons. The second-order valence-corrected chi connectivity index (χ2v) is 5.27. The van der Waals surface area contributed by atoms with Gasteiger partial charge in [0, 0.05) is 0 Å². The monoisotopic (exact) mass is 297 g/mol. The third kappa shape index (κ3) is 3.88. The first-order valence-electron chi connectivity index (χ1n) is 7.75. The van der Waals surface area contributed by atoms with Gasteiger partial charge in [0.1, 0.15) is 5.75 Å². The van der Waals surface area contributed by atoms with Crippen LogP contribution in [0.5, 0.6) is 5.75 Å². The summed E-state index contributed by atoms with van der Waals surface area (Å²) in [6.45, 7) is 6.58. The van der Waals surface area contributed by atoms with Gasteiger partial charge in [0.05, 0.1) is 18.2 Å². The molecule has 1 unspecified atom stereocenters. The van der Waals surface area contributed by atoms with E-state index in [9.17, 15) is 4.79 Å². The molecular formula is C19H23NO2. The van der Waals surface area contributed by atoms with E-state index in [1.165, 1.54) is 5.56 Å². The van der Waals surface area contributed by atoms with E-state index in [-0.39, 0.29) is 11.9 Å². The molecule has 0 bridgehead atoms. The van der Waals surface area contributed by atoms with Gasteiger partial charge in [-0.05, 0) is 38.0 Å². The highest BCUT2D eigenvalue weighted by atomic mass is 16.5. The molecule has 1 N–H and O–H groups in total. The van der Waals surface area contributed by atoms with E-state index < -0.39 is 0 Å². The number of ether oxygens (including phenoxy) is 1. The normalized spacial score (nSPS) is 11.8. The summed E-state index contributed by atoms with van der Waals surface area (Å²) in [4.78, 5) is 12.6. The van der Waals surface area contributed by atoms with Crippen LogP contribution in [0.2, 0.25) is 0 Å². The fourth-order valence-electron chi connectivity index (χ4n) is 2.39. The minimum atomic E-state index is -0.100. The molecule has 22 heavy (non-hydrogen) atoms. The van der Waals surface area contributed by atoms with Crippen molar-refractivity contribution in [2.75, 3.05) is 6.61 Å². The summed E-state index contributed by atoms with van der Waals surface area (Å²) in [5, 5.41) is 3.10. The number of carbonyl (C=O) groups excluding carboxylic acids is 1. The summed E-state index contributed by atoms with van der Waals surface area (Å²) in [5.41, 5.74) is 2.91. The number of nitrogens with one attached hydrogen (secondary N) is 1. The molecule has 2 aromatic carbocycles. The quantitative estimate of drug-likeness (QED) is 0.864. The molecule has 0 saturated carbocycles. The highest BCUT2D eigenvalue weighted by molar-refractivity contribution is 5.97. The summed E-state index contributed by atoms with van der Waals surface area (Å²) in [6.07, 6.45) is 0.839. The summed E-state index contributed by atoms with van der Waals surface area (Å²) < 4.78 is 5.53. The van der Waals surface area contributed by atoms with Gasteiger partial charge in [-0.25, -0.2) is 0 Å². The standard InChI is InChI=1S/C19H23NO2/c1-4-17(15-12-10-14(3)11-13-15)20-19(21)16-8-6-7-9-18(16)22-5-2/h6-13,17H,4-5H2,1-3H3,(H,20,21). The predicted octanol–water partition coefficient (Wildman–Crippen LogP) is 4.27. The molecule has 0 aliphatic carbocycles. The first-order valence-corrected chi connectivity index (χ1v) is 7.75. The van der Waals surface area contributed by atoms with Gasteiger partial charge in [0.15, 0.2) is 0 Å². The Labute approximate surface area is 132 Å². The molecule has 0 spiro atoms. The zero-order chi connectivity index (χ0) is 15.9. The van der Waals surface area contributed by atoms with Crippen LogP contribution in [0, 0.1) is 6.92 Å². The lowest BCUT2D eigenvalue weighted by Gasteiger charge is -2.19. The van der Waals surface area contributed by atoms with Crippen LogP contribution in [-0.4, -0.2) is 12.5 Å². The van der Waals surface area contributed by atoms with Crippen molar-refractivity contribution in [1.82, 2.24) is 5.32 Å². The largest absolute Gasteiger partial charge is 0.493 e. The molecule has 2 rings (SSSR count). The van der Waals surface area contributed by atoms with Gasteiger partial charge in [-0.3, -0.25) is 4.79 Å². The first kappa shape index (κ1) is 16.1. The maximum absolute atomic E-state index is 12.6. The van der Waals surface area contributed by atoms with Gasteiger partial charge in [-0.1, -0.05) is 48.9 Å². The van der Waals surface area contributed by atoms with Crippen LogP contribution in [0.4, 0.5) is 0 Å². The van der Waals surface area contributed by atoms with E-state index in [0.29, 0.717) is 17.9 Å². The van der Waals surface area contributed by atoms with Gasteiger partial charge in [0.25, 0.3) is 5.91 Å². The molecule has 0 aliphatic heterocycles. The zero-order valence-corrected chi connectivity index (χ0v) is 13.4. The van der Waals surface area contributed by atoms with E-state index in [0.717, 1.165) is 12.0 Å². The van der Waals surface area contributed by atoms with Crippen molar-refractivity contribution in [3.8, 4) is 5.75 Å². The third-order valence-electron chi connectivity index (χ3n) is 3.62. The van der Waals surface area contributed by atoms with Crippen LogP contribution in [-0.2, 0) is 0 Å². The Hall–Kier alpha value is -2.29. The molecule has 0 aromatic heterocycles. The lowest BCUT2D eigenvalue weighted by atomic mass is 10.0. The lowest BCUT2D eigenvalue weighted by molar-refractivity contribution is 0.0932. The smallest absolute Gasteiger partial charge is 0.255 e. The molecule has 0 saturated heterocycles. The molecule has 2 aromatic rings. The number of carbonyl (C=O) groups is 1. The highest BCUT2D eigenvalue weighted by Gasteiger charge is 2.17.